The van der Waals surface area contributed by atoms with E-state index in [1.807, 2.05) is 15.7 Å². The summed E-state index contributed by atoms with van der Waals surface area (Å²) >= 11 is 0. The fraction of sp³-hybridized carbons (Fsp3) is 0.350. The second kappa shape index (κ2) is 7.26. The summed E-state index contributed by atoms with van der Waals surface area (Å²) in [5, 5.41) is 0. The number of nitrogens with zero attached hydrogens (tertiary/aromatic N) is 6. The van der Waals surface area contributed by atoms with Crippen molar-refractivity contribution in [2.75, 3.05) is 6.54 Å². The summed E-state index contributed by atoms with van der Waals surface area (Å²) < 4.78 is 1.96. The molecule has 0 saturated carbocycles. The minimum atomic E-state index is -0.0656. The van der Waals surface area contributed by atoms with E-state index in [0.717, 1.165) is 36.7 Å². The quantitative estimate of drug-likeness (QED) is 0.712. The number of aromatic nitrogens is 5. The summed E-state index contributed by atoms with van der Waals surface area (Å²) in [5.74, 6) is 1.97. The molecule has 1 aliphatic rings. The molecule has 0 aromatic carbocycles. The van der Waals surface area contributed by atoms with Gasteiger partial charge in [-0.3, -0.25) is 19.3 Å². The molecule has 1 aliphatic heterocycles. The fourth-order valence-corrected chi connectivity index (χ4v) is 3.56. The Labute approximate surface area is 158 Å². The van der Waals surface area contributed by atoms with Crippen LogP contribution in [0, 0.1) is 0 Å². The van der Waals surface area contributed by atoms with Crippen molar-refractivity contribution in [2.24, 2.45) is 0 Å². The Hall–Kier alpha value is -3.09. The van der Waals surface area contributed by atoms with Crippen molar-refractivity contribution in [1.82, 2.24) is 29.4 Å². The highest BCUT2D eigenvalue weighted by Crippen LogP contribution is 2.32. The van der Waals surface area contributed by atoms with Gasteiger partial charge in [-0.2, -0.15) is 0 Å². The Morgan fingerprint density at radius 2 is 1.96 bits per heavy atom. The van der Waals surface area contributed by atoms with Gasteiger partial charge in [0, 0.05) is 42.8 Å². The summed E-state index contributed by atoms with van der Waals surface area (Å²) in [5.41, 5.74) is 1.47. The van der Waals surface area contributed by atoms with Gasteiger partial charge >= 0.3 is 0 Å². The molecule has 0 aliphatic carbocycles. The number of hydrogen-bond donors (Lipinski definition) is 0. The number of carbonyl (C=O) groups is 1. The lowest BCUT2D eigenvalue weighted by atomic mass is 10.1. The first-order chi connectivity index (χ1) is 13.1. The molecule has 7 nitrogen and oxygen atoms in total. The molecule has 3 aromatic rings. The Kier molecular flexibility index (Phi) is 4.66. The van der Waals surface area contributed by atoms with Gasteiger partial charge in [-0.05, 0) is 25.0 Å². The highest BCUT2D eigenvalue weighted by molar-refractivity contribution is 5.94. The predicted octanol–water partition coefficient (Wildman–Crippen LogP) is 3.16. The van der Waals surface area contributed by atoms with Crippen LogP contribution in [-0.2, 0) is 0 Å². The van der Waals surface area contributed by atoms with Crippen molar-refractivity contribution in [2.45, 2.75) is 38.6 Å². The van der Waals surface area contributed by atoms with Crippen molar-refractivity contribution in [3.63, 3.8) is 0 Å². The van der Waals surface area contributed by atoms with Gasteiger partial charge in [0.15, 0.2) is 5.82 Å². The van der Waals surface area contributed by atoms with Gasteiger partial charge in [0.05, 0.1) is 24.1 Å². The molecule has 138 valence electrons. The van der Waals surface area contributed by atoms with Crippen LogP contribution in [-0.4, -0.2) is 41.9 Å². The number of amides is 1. The largest absolute Gasteiger partial charge is 0.330 e. The van der Waals surface area contributed by atoms with Crippen LogP contribution in [0.2, 0.25) is 0 Å². The molecule has 1 unspecified atom stereocenters. The maximum atomic E-state index is 12.9. The minimum Gasteiger partial charge on any atom is -0.330 e. The fourth-order valence-electron chi connectivity index (χ4n) is 3.56. The average molecular weight is 362 g/mol. The van der Waals surface area contributed by atoms with Gasteiger partial charge in [0.1, 0.15) is 5.82 Å². The molecule has 1 atom stereocenters. The number of rotatable bonds is 4. The predicted molar refractivity (Wildman–Crippen MR) is 100 cm³/mol. The molecular weight excluding hydrogens is 340 g/mol. The van der Waals surface area contributed by atoms with Gasteiger partial charge in [-0.1, -0.05) is 13.8 Å². The first-order valence-corrected chi connectivity index (χ1v) is 9.21. The van der Waals surface area contributed by atoms with E-state index in [9.17, 15) is 4.79 Å². The van der Waals surface area contributed by atoms with Crippen molar-refractivity contribution in [1.29, 1.82) is 0 Å². The molecule has 7 heteroatoms. The van der Waals surface area contributed by atoms with Gasteiger partial charge in [0.25, 0.3) is 5.91 Å². The first-order valence-electron chi connectivity index (χ1n) is 9.21. The lowest BCUT2D eigenvalue weighted by Gasteiger charge is -2.24. The van der Waals surface area contributed by atoms with Crippen LogP contribution >= 0.6 is 0 Å². The number of pyridine rings is 1. The number of imidazole rings is 1. The maximum Gasteiger partial charge on any atom is 0.254 e. The van der Waals surface area contributed by atoms with Crippen LogP contribution in [0.1, 0.15) is 60.5 Å². The standard InChI is InChI=1S/C20H22N6O/c1-14(2)19-23-9-11-26(19)18-13-22-12-16(24-18)17-4-3-10-25(17)20(27)15-5-7-21-8-6-15/h5-9,11-14,17H,3-4,10H2,1-2H3. The average Bonchev–Trinajstić information content (AvgIpc) is 3.38. The van der Waals surface area contributed by atoms with Crippen LogP contribution < -0.4 is 0 Å². The topological polar surface area (TPSA) is 76.8 Å². The summed E-state index contributed by atoms with van der Waals surface area (Å²) in [6, 6.07) is 3.43. The van der Waals surface area contributed by atoms with Crippen molar-refractivity contribution >= 4 is 5.91 Å². The third kappa shape index (κ3) is 3.32. The molecule has 4 rings (SSSR count). The van der Waals surface area contributed by atoms with E-state index in [0.29, 0.717) is 5.56 Å². The minimum absolute atomic E-state index is 0.0117. The molecule has 1 amide bonds. The first kappa shape index (κ1) is 17.3. The maximum absolute atomic E-state index is 12.9. The monoisotopic (exact) mass is 362 g/mol. The SMILES string of the molecule is CC(C)c1nccn1-c1cncc(C2CCCN2C(=O)c2ccncc2)n1. The van der Waals surface area contributed by atoms with Gasteiger partial charge in [0.2, 0.25) is 0 Å². The van der Waals surface area contributed by atoms with Crippen LogP contribution in [0.3, 0.4) is 0 Å². The Balaban J connectivity index is 1.65. The van der Waals surface area contributed by atoms with E-state index in [1.54, 1.807) is 43.1 Å². The molecule has 3 aromatic heterocycles. The molecule has 0 bridgehead atoms. The molecule has 4 heterocycles. The Morgan fingerprint density at radius 3 is 2.74 bits per heavy atom. The van der Waals surface area contributed by atoms with E-state index in [2.05, 4.69) is 28.8 Å². The summed E-state index contributed by atoms with van der Waals surface area (Å²) in [7, 11) is 0. The van der Waals surface area contributed by atoms with Gasteiger partial charge in [-0.25, -0.2) is 9.97 Å². The van der Waals surface area contributed by atoms with Crippen molar-refractivity contribution in [3.05, 3.63) is 66.4 Å². The number of hydrogen-bond acceptors (Lipinski definition) is 5. The van der Waals surface area contributed by atoms with Gasteiger partial charge < -0.3 is 4.90 Å². The zero-order chi connectivity index (χ0) is 18.8. The highest BCUT2D eigenvalue weighted by atomic mass is 16.2. The molecule has 0 N–H and O–H groups in total. The highest BCUT2D eigenvalue weighted by Gasteiger charge is 2.32. The van der Waals surface area contributed by atoms with Crippen LogP contribution in [0.5, 0.6) is 0 Å². The number of likely N-dealkylation sites (tertiary alicyclic amines) is 1. The third-order valence-corrected chi connectivity index (χ3v) is 4.86. The zero-order valence-electron chi connectivity index (χ0n) is 15.5. The second-order valence-corrected chi connectivity index (χ2v) is 7.00. The van der Waals surface area contributed by atoms with Gasteiger partial charge in [-0.15, -0.1) is 0 Å². The van der Waals surface area contributed by atoms with Crippen molar-refractivity contribution < 1.29 is 4.79 Å². The number of carbonyl (C=O) groups excluding carboxylic acids is 1. The molecule has 1 saturated heterocycles. The Bertz CT molecular complexity index is 936. The summed E-state index contributed by atoms with van der Waals surface area (Å²) in [6.45, 7) is 4.92. The van der Waals surface area contributed by atoms with Crippen LogP contribution in [0.25, 0.3) is 5.82 Å². The van der Waals surface area contributed by atoms with Crippen LogP contribution in [0.15, 0.2) is 49.3 Å². The Morgan fingerprint density at radius 1 is 1.15 bits per heavy atom. The van der Waals surface area contributed by atoms with E-state index < -0.39 is 0 Å². The lowest BCUT2D eigenvalue weighted by molar-refractivity contribution is 0.0732. The van der Waals surface area contributed by atoms with E-state index in [1.165, 1.54) is 0 Å². The molecule has 0 radical (unpaired) electrons. The van der Waals surface area contributed by atoms with E-state index in [-0.39, 0.29) is 17.9 Å². The molecule has 1 fully saturated rings. The molecule has 0 spiro atoms. The lowest BCUT2D eigenvalue weighted by Crippen LogP contribution is -2.31. The summed E-state index contributed by atoms with van der Waals surface area (Å²) in [4.78, 5) is 32.4. The summed E-state index contributed by atoms with van der Waals surface area (Å²) in [6.07, 6.45) is 12.3. The van der Waals surface area contributed by atoms with Crippen molar-refractivity contribution in [3.8, 4) is 5.82 Å². The third-order valence-electron chi connectivity index (χ3n) is 4.86. The smallest absolute Gasteiger partial charge is 0.254 e. The zero-order valence-corrected chi connectivity index (χ0v) is 15.5. The molecular formula is C20H22N6O. The molecule has 27 heavy (non-hydrogen) atoms. The second-order valence-electron chi connectivity index (χ2n) is 7.00. The normalized spacial score (nSPS) is 16.9. The van der Waals surface area contributed by atoms with Crippen LogP contribution in [0.4, 0.5) is 0 Å². The van der Waals surface area contributed by atoms with E-state index in [4.69, 9.17) is 4.98 Å². The van der Waals surface area contributed by atoms with E-state index >= 15 is 0 Å².